The summed E-state index contributed by atoms with van der Waals surface area (Å²) < 4.78 is 15.8. The van der Waals surface area contributed by atoms with Gasteiger partial charge < -0.3 is 24.8 Å². The lowest BCUT2D eigenvalue weighted by Crippen LogP contribution is -2.23. The largest absolute Gasteiger partial charge is 0.497 e. The molecule has 140 valence electrons. The zero-order valence-corrected chi connectivity index (χ0v) is 15.5. The van der Waals surface area contributed by atoms with E-state index in [1.807, 2.05) is 24.3 Å². The highest BCUT2D eigenvalue weighted by atomic mass is 16.5. The van der Waals surface area contributed by atoms with Crippen molar-refractivity contribution >= 4 is 11.6 Å². The lowest BCUT2D eigenvalue weighted by molar-refractivity contribution is -0.116. The summed E-state index contributed by atoms with van der Waals surface area (Å²) in [5.74, 6) is 2.07. The Labute approximate surface area is 154 Å². The zero-order chi connectivity index (χ0) is 18.8. The Kier molecular flexibility index (Phi) is 7.76. The van der Waals surface area contributed by atoms with Crippen molar-refractivity contribution in [1.82, 2.24) is 5.32 Å². The fourth-order valence-corrected chi connectivity index (χ4v) is 2.57. The number of methoxy groups -OCH3 is 3. The number of para-hydroxylation sites is 1. The molecule has 2 aromatic carbocycles. The predicted molar refractivity (Wildman–Crippen MR) is 102 cm³/mol. The maximum absolute atomic E-state index is 12.1. The number of carbonyl (C=O) groups excluding carboxylic acids is 1. The monoisotopic (exact) mass is 358 g/mol. The molecule has 0 saturated heterocycles. The average molecular weight is 358 g/mol. The fraction of sp³-hybridized carbons (Fsp3) is 0.350. The molecule has 0 radical (unpaired) electrons. The Bertz CT molecular complexity index is 719. The van der Waals surface area contributed by atoms with Crippen molar-refractivity contribution in [2.45, 2.75) is 12.8 Å². The number of carbonyl (C=O) groups is 1. The summed E-state index contributed by atoms with van der Waals surface area (Å²) >= 11 is 0. The minimum Gasteiger partial charge on any atom is -0.497 e. The summed E-state index contributed by atoms with van der Waals surface area (Å²) in [6.07, 6.45) is 1.22. The van der Waals surface area contributed by atoms with Crippen molar-refractivity contribution in [2.24, 2.45) is 0 Å². The van der Waals surface area contributed by atoms with Crippen LogP contribution in [-0.4, -0.2) is 40.3 Å². The Balaban J connectivity index is 1.74. The van der Waals surface area contributed by atoms with Crippen LogP contribution in [0.3, 0.4) is 0 Å². The molecule has 2 rings (SSSR count). The van der Waals surface area contributed by atoms with E-state index in [9.17, 15) is 4.79 Å². The van der Waals surface area contributed by atoms with Gasteiger partial charge >= 0.3 is 0 Å². The first-order valence-corrected chi connectivity index (χ1v) is 8.52. The molecule has 6 nitrogen and oxygen atoms in total. The molecule has 6 heteroatoms. The van der Waals surface area contributed by atoms with Gasteiger partial charge in [-0.1, -0.05) is 18.2 Å². The van der Waals surface area contributed by atoms with Gasteiger partial charge in [-0.25, -0.2) is 0 Å². The minimum absolute atomic E-state index is 0.0711. The van der Waals surface area contributed by atoms with Crippen molar-refractivity contribution in [2.75, 3.05) is 39.7 Å². The van der Waals surface area contributed by atoms with Crippen LogP contribution >= 0.6 is 0 Å². The smallest absolute Gasteiger partial charge is 0.225 e. The number of hydrogen-bond donors (Lipinski definition) is 2. The molecule has 0 spiro atoms. The molecular weight excluding hydrogens is 332 g/mol. The quantitative estimate of drug-likeness (QED) is 0.639. The van der Waals surface area contributed by atoms with Crippen molar-refractivity contribution in [1.29, 1.82) is 0 Å². The Morgan fingerprint density at radius 2 is 1.69 bits per heavy atom. The van der Waals surface area contributed by atoms with Gasteiger partial charge in [0.15, 0.2) is 0 Å². The Hall–Kier alpha value is -2.73. The number of amides is 1. The summed E-state index contributed by atoms with van der Waals surface area (Å²) in [5, 5.41) is 6.14. The van der Waals surface area contributed by atoms with Crippen LogP contribution in [0.4, 0.5) is 5.69 Å². The fourth-order valence-electron chi connectivity index (χ4n) is 2.57. The summed E-state index contributed by atoms with van der Waals surface area (Å²) in [6.45, 7) is 1.37. The standard InChI is InChI=1S/C20H26N2O4/c1-24-16-8-9-17(19(14-16)26-3)22-20(23)11-13-21-12-10-15-6-4-5-7-18(15)25-2/h4-9,14,21H,10-13H2,1-3H3,(H,22,23). The van der Waals surface area contributed by atoms with Gasteiger partial charge in [-0.05, 0) is 36.7 Å². The maximum Gasteiger partial charge on any atom is 0.225 e. The molecule has 0 heterocycles. The van der Waals surface area contributed by atoms with Gasteiger partial charge in [0.25, 0.3) is 0 Å². The van der Waals surface area contributed by atoms with Crippen LogP contribution in [0.1, 0.15) is 12.0 Å². The highest BCUT2D eigenvalue weighted by Crippen LogP contribution is 2.29. The molecular formula is C20H26N2O4. The van der Waals surface area contributed by atoms with Crippen molar-refractivity contribution < 1.29 is 19.0 Å². The van der Waals surface area contributed by atoms with E-state index in [4.69, 9.17) is 14.2 Å². The molecule has 0 unspecified atom stereocenters. The molecule has 0 atom stereocenters. The highest BCUT2D eigenvalue weighted by Gasteiger charge is 2.09. The first kappa shape index (κ1) is 19.6. The number of rotatable bonds is 10. The Morgan fingerprint density at radius 1 is 0.923 bits per heavy atom. The van der Waals surface area contributed by atoms with Gasteiger partial charge in [-0.15, -0.1) is 0 Å². The summed E-state index contributed by atoms with van der Waals surface area (Å²) in [5.41, 5.74) is 1.78. The molecule has 0 aliphatic heterocycles. The molecule has 0 saturated carbocycles. The summed E-state index contributed by atoms with van der Waals surface area (Å²) in [4.78, 5) is 12.1. The predicted octanol–water partition coefficient (Wildman–Crippen LogP) is 2.87. The third-order valence-corrected chi connectivity index (χ3v) is 3.98. The molecule has 0 aromatic heterocycles. The number of benzene rings is 2. The van der Waals surface area contributed by atoms with Crippen LogP contribution in [-0.2, 0) is 11.2 Å². The van der Waals surface area contributed by atoms with Crippen LogP contribution in [0.2, 0.25) is 0 Å². The second kappa shape index (κ2) is 10.3. The number of anilines is 1. The van der Waals surface area contributed by atoms with E-state index in [1.54, 1.807) is 39.5 Å². The molecule has 0 aliphatic rings. The third kappa shape index (κ3) is 5.67. The Morgan fingerprint density at radius 3 is 2.42 bits per heavy atom. The third-order valence-electron chi connectivity index (χ3n) is 3.98. The van der Waals surface area contributed by atoms with Crippen LogP contribution in [0, 0.1) is 0 Å². The molecule has 2 aromatic rings. The van der Waals surface area contributed by atoms with Crippen molar-refractivity contribution in [3.63, 3.8) is 0 Å². The second-order valence-electron chi connectivity index (χ2n) is 5.68. The lowest BCUT2D eigenvalue weighted by Gasteiger charge is -2.12. The minimum atomic E-state index is -0.0711. The van der Waals surface area contributed by atoms with Crippen LogP contribution in [0.5, 0.6) is 17.2 Å². The molecule has 1 amide bonds. The number of hydrogen-bond acceptors (Lipinski definition) is 5. The highest BCUT2D eigenvalue weighted by molar-refractivity contribution is 5.92. The van der Waals surface area contributed by atoms with Crippen LogP contribution in [0.15, 0.2) is 42.5 Å². The summed E-state index contributed by atoms with van der Waals surface area (Å²) in [7, 11) is 4.82. The second-order valence-corrected chi connectivity index (χ2v) is 5.68. The number of nitrogens with one attached hydrogen (secondary N) is 2. The zero-order valence-electron chi connectivity index (χ0n) is 15.5. The topological polar surface area (TPSA) is 68.8 Å². The van der Waals surface area contributed by atoms with E-state index in [1.165, 1.54) is 0 Å². The van der Waals surface area contributed by atoms with Gasteiger partial charge in [0.1, 0.15) is 17.2 Å². The van der Waals surface area contributed by atoms with E-state index in [2.05, 4.69) is 10.6 Å². The van der Waals surface area contributed by atoms with Gasteiger partial charge in [-0.2, -0.15) is 0 Å². The van der Waals surface area contributed by atoms with Crippen molar-refractivity contribution in [3.05, 3.63) is 48.0 Å². The van der Waals surface area contributed by atoms with E-state index in [0.29, 0.717) is 30.2 Å². The van der Waals surface area contributed by atoms with Gasteiger partial charge in [0.05, 0.1) is 27.0 Å². The first-order chi connectivity index (χ1) is 12.7. The summed E-state index contributed by atoms with van der Waals surface area (Å²) in [6, 6.07) is 13.2. The SMILES string of the molecule is COc1ccc(NC(=O)CCNCCc2ccccc2OC)c(OC)c1. The van der Waals surface area contributed by atoms with Crippen LogP contribution in [0.25, 0.3) is 0 Å². The number of ether oxygens (including phenoxy) is 3. The molecule has 2 N–H and O–H groups in total. The van der Waals surface area contributed by atoms with E-state index in [0.717, 1.165) is 24.3 Å². The van der Waals surface area contributed by atoms with Gasteiger partial charge in [0.2, 0.25) is 5.91 Å². The van der Waals surface area contributed by atoms with Gasteiger partial charge in [0, 0.05) is 19.0 Å². The lowest BCUT2D eigenvalue weighted by atomic mass is 10.1. The van der Waals surface area contributed by atoms with Crippen LogP contribution < -0.4 is 24.8 Å². The normalized spacial score (nSPS) is 10.3. The van der Waals surface area contributed by atoms with Gasteiger partial charge in [-0.3, -0.25) is 4.79 Å². The maximum atomic E-state index is 12.1. The van der Waals surface area contributed by atoms with E-state index in [-0.39, 0.29) is 5.91 Å². The molecule has 0 fully saturated rings. The molecule has 0 aliphatic carbocycles. The van der Waals surface area contributed by atoms with Crippen molar-refractivity contribution in [3.8, 4) is 17.2 Å². The molecule has 26 heavy (non-hydrogen) atoms. The molecule has 0 bridgehead atoms. The average Bonchev–Trinajstić information content (AvgIpc) is 2.68. The van der Waals surface area contributed by atoms with E-state index >= 15 is 0 Å². The van der Waals surface area contributed by atoms with E-state index < -0.39 is 0 Å². The first-order valence-electron chi connectivity index (χ1n) is 8.52.